The summed E-state index contributed by atoms with van der Waals surface area (Å²) in [5.41, 5.74) is 3.85. The highest BCUT2D eigenvalue weighted by molar-refractivity contribution is 7.98. The van der Waals surface area contributed by atoms with Gasteiger partial charge < -0.3 is 4.57 Å². The van der Waals surface area contributed by atoms with Crippen LogP contribution in [-0.2, 0) is 0 Å². The molecule has 1 nitrogen and oxygen atoms in total. The van der Waals surface area contributed by atoms with Crippen molar-refractivity contribution in [1.29, 1.82) is 0 Å². The first-order valence-corrected chi connectivity index (χ1v) is 6.25. The highest BCUT2D eigenvalue weighted by Gasteiger charge is 2.07. The molecule has 1 aromatic carbocycles. The molecule has 0 aliphatic heterocycles. The third-order valence-corrected chi connectivity index (χ3v) is 3.38. The summed E-state index contributed by atoms with van der Waals surface area (Å²) in [5.74, 6) is 0. The van der Waals surface area contributed by atoms with Crippen molar-refractivity contribution >= 4 is 11.8 Å². The standard InChI is InChI=1S/C13H15NS/c1-10-8-9-11(2)14(10)12-6-4-5-7-13(12)15-3/h4-9H,1-3H3. The molecule has 0 radical (unpaired) electrons. The van der Waals surface area contributed by atoms with Crippen molar-refractivity contribution in [3.63, 3.8) is 0 Å². The third-order valence-electron chi connectivity index (χ3n) is 2.60. The average Bonchev–Trinajstić information content (AvgIpc) is 2.59. The Morgan fingerprint density at radius 1 is 0.933 bits per heavy atom. The van der Waals surface area contributed by atoms with E-state index in [2.05, 4.69) is 61.1 Å². The monoisotopic (exact) mass is 217 g/mol. The topological polar surface area (TPSA) is 4.93 Å². The Hall–Kier alpha value is -1.15. The van der Waals surface area contributed by atoms with Crippen molar-refractivity contribution in [3.05, 3.63) is 47.8 Å². The van der Waals surface area contributed by atoms with Gasteiger partial charge in [0.25, 0.3) is 0 Å². The average molecular weight is 217 g/mol. The van der Waals surface area contributed by atoms with Crippen LogP contribution in [0.3, 0.4) is 0 Å². The van der Waals surface area contributed by atoms with E-state index in [0.29, 0.717) is 0 Å². The molecule has 2 aromatic rings. The SMILES string of the molecule is CSc1ccccc1-n1c(C)ccc1C. The fraction of sp³-hybridized carbons (Fsp3) is 0.231. The Morgan fingerprint density at radius 3 is 2.13 bits per heavy atom. The summed E-state index contributed by atoms with van der Waals surface area (Å²) >= 11 is 1.79. The Morgan fingerprint density at radius 2 is 1.53 bits per heavy atom. The maximum Gasteiger partial charge on any atom is 0.0590 e. The van der Waals surface area contributed by atoms with Gasteiger partial charge in [0, 0.05) is 16.3 Å². The van der Waals surface area contributed by atoms with Gasteiger partial charge in [-0.1, -0.05) is 12.1 Å². The summed E-state index contributed by atoms with van der Waals surface area (Å²) in [5, 5.41) is 0. The summed E-state index contributed by atoms with van der Waals surface area (Å²) < 4.78 is 2.30. The van der Waals surface area contributed by atoms with Gasteiger partial charge in [0.2, 0.25) is 0 Å². The van der Waals surface area contributed by atoms with Gasteiger partial charge in [-0.25, -0.2) is 0 Å². The number of nitrogens with zero attached hydrogens (tertiary/aromatic N) is 1. The summed E-state index contributed by atoms with van der Waals surface area (Å²) in [6, 6.07) is 12.8. The predicted molar refractivity (Wildman–Crippen MR) is 67.0 cm³/mol. The highest BCUT2D eigenvalue weighted by atomic mass is 32.2. The van der Waals surface area contributed by atoms with Crippen LogP contribution in [0.2, 0.25) is 0 Å². The lowest BCUT2D eigenvalue weighted by Gasteiger charge is -2.12. The Balaban J connectivity index is 2.63. The van der Waals surface area contributed by atoms with E-state index >= 15 is 0 Å². The Labute approximate surface area is 95.1 Å². The molecule has 0 spiro atoms. The minimum Gasteiger partial charge on any atom is -0.317 e. The molecule has 1 aromatic heterocycles. The van der Waals surface area contributed by atoms with Crippen LogP contribution in [0.4, 0.5) is 0 Å². The number of thioether (sulfide) groups is 1. The second-order valence-corrected chi connectivity index (χ2v) is 4.47. The first-order valence-electron chi connectivity index (χ1n) is 5.02. The number of benzene rings is 1. The number of hydrogen-bond donors (Lipinski definition) is 0. The number of aryl methyl sites for hydroxylation is 2. The molecule has 0 fully saturated rings. The van der Waals surface area contributed by atoms with E-state index in [0.717, 1.165) is 0 Å². The number of rotatable bonds is 2. The van der Waals surface area contributed by atoms with E-state index in [4.69, 9.17) is 0 Å². The lowest BCUT2D eigenvalue weighted by atomic mass is 10.3. The van der Waals surface area contributed by atoms with Crippen molar-refractivity contribution in [2.45, 2.75) is 18.7 Å². The van der Waals surface area contributed by atoms with Crippen molar-refractivity contribution in [1.82, 2.24) is 4.57 Å². The van der Waals surface area contributed by atoms with E-state index in [1.165, 1.54) is 22.0 Å². The molecule has 2 heteroatoms. The van der Waals surface area contributed by atoms with Crippen molar-refractivity contribution in [2.24, 2.45) is 0 Å². The molecule has 0 unspecified atom stereocenters. The minimum atomic E-state index is 1.28. The Kier molecular flexibility index (Phi) is 2.87. The molecule has 78 valence electrons. The zero-order valence-corrected chi connectivity index (χ0v) is 10.1. The molecule has 0 atom stereocenters. The van der Waals surface area contributed by atoms with Crippen molar-refractivity contribution < 1.29 is 0 Å². The maximum absolute atomic E-state index is 2.30. The van der Waals surface area contributed by atoms with E-state index in [9.17, 15) is 0 Å². The molecule has 1 heterocycles. The molecular formula is C13H15NS. The van der Waals surface area contributed by atoms with Crippen LogP contribution in [0, 0.1) is 13.8 Å². The van der Waals surface area contributed by atoms with E-state index in [1.807, 2.05) is 0 Å². The van der Waals surface area contributed by atoms with Gasteiger partial charge in [-0.3, -0.25) is 0 Å². The van der Waals surface area contributed by atoms with Gasteiger partial charge in [0.15, 0.2) is 0 Å². The van der Waals surface area contributed by atoms with Crippen molar-refractivity contribution in [3.8, 4) is 5.69 Å². The van der Waals surface area contributed by atoms with Crippen LogP contribution in [0.5, 0.6) is 0 Å². The number of hydrogen-bond acceptors (Lipinski definition) is 1. The molecule has 0 saturated carbocycles. The molecular weight excluding hydrogens is 202 g/mol. The first-order chi connectivity index (χ1) is 7.24. The van der Waals surface area contributed by atoms with Crippen LogP contribution >= 0.6 is 11.8 Å². The molecule has 0 aliphatic rings. The molecule has 2 rings (SSSR count). The predicted octanol–water partition coefficient (Wildman–Crippen LogP) is 3.82. The van der Waals surface area contributed by atoms with E-state index < -0.39 is 0 Å². The number of aromatic nitrogens is 1. The van der Waals surface area contributed by atoms with Gasteiger partial charge in [-0.2, -0.15) is 0 Å². The second-order valence-electron chi connectivity index (χ2n) is 3.62. The fourth-order valence-corrected chi connectivity index (χ4v) is 2.45. The molecule has 15 heavy (non-hydrogen) atoms. The molecule has 0 bridgehead atoms. The molecule has 0 amide bonds. The smallest absolute Gasteiger partial charge is 0.0590 e. The van der Waals surface area contributed by atoms with Gasteiger partial charge in [-0.05, 0) is 44.4 Å². The summed E-state index contributed by atoms with van der Waals surface area (Å²) in [7, 11) is 0. The first kappa shape index (κ1) is 10.4. The van der Waals surface area contributed by atoms with Crippen LogP contribution < -0.4 is 0 Å². The minimum absolute atomic E-state index is 1.28. The van der Waals surface area contributed by atoms with Crippen molar-refractivity contribution in [2.75, 3.05) is 6.26 Å². The molecule has 0 N–H and O–H groups in total. The fourth-order valence-electron chi connectivity index (χ4n) is 1.86. The van der Waals surface area contributed by atoms with Gasteiger partial charge in [0.1, 0.15) is 0 Å². The zero-order valence-electron chi connectivity index (χ0n) is 9.32. The van der Waals surface area contributed by atoms with Gasteiger partial charge >= 0.3 is 0 Å². The van der Waals surface area contributed by atoms with Crippen LogP contribution in [0.15, 0.2) is 41.3 Å². The Bertz CT molecular complexity index is 452. The van der Waals surface area contributed by atoms with Gasteiger partial charge in [0.05, 0.1) is 5.69 Å². The lowest BCUT2D eigenvalue weighted by molar-refractivity contribution is 0.942. The quantitative estimate of drug-likeness (QED) is 0.692. The van der Waals surface area contributed by atoms with Gasteiger partial charge in [-0.15, -0.1) is 11.8 Å². The lowest BCUT2D eigenvalue weighted by Crippen LogP contribution is -1.99. The van der Waals surface area contributed by atoms with E-state index in [1.54, 1.807) is 11.8 Å². The van der Waals surface area contributed by atoms with E-state index in [-0.39, 0.29) is 0 Å². The van der Waals surface area contributed by atoms with Crippen LogP contribution in [0.1, 0.15) is 11.4 Å². The summed E-state index contributed by atoms with van der Waals surface area (Å²) in [4.78, 5) is 1.32. The zero-order chi connectivity index (χ0) is 10.8. The number of para-hydroxylation sites is 1. The second kappa shape index (κ2) is 4.15. The summed E-state index contributed by atoms with van der Waals surface area (Å²) in [6.07, 6.45) is 2.12. The van der Waals surface area contributed by atoms with Crippen LogP contribution in [0.25, 0.3) is 5.69 Å². The molecule has 0 aliphatic carbocycles. The third kappa shape index (κ3) is 1.82. The highest BCUT2D eigenvalue weighted by Crippen LogP contribution is 2.26. The molecule has 0 saturated heterocycles. The van der Waals surface area contributed by atoms with Crippen LogP contribution in [-0.4, -0.2) is 10.8 Å². The normalized spacial score (nSPS) is 10.6. The maximum atomic E-state index is 2.30. The largest absolute Gasteiger partial charge is 0.317 e. The summed E-state index contributed by atoms with van der Waals surface area (Å²) in [6.45, 7) is 4.29.